The molecule has 0 aliphatic carbocycles. The van der Waals surface area contributed by atoms with E-state index in [0.717, 1.165) is 56.4 Å². The minimum atomic E-state index is -1.11. The Bertz CT molecular complexity index is 1230. The van der Waals surface area contributed by atoms with Crippen LogP contribution in [0.5, 0.6) is 0 Å². The van der Waals surface area contributed by atoms with Gasteiger partial charge in [-0.3, -0.25) is 9.59 Å². The normalized spacial score (nSPS) is 16.1. The van der Waals surface area contributed by atoms with Crippen LogP contribution in [0.3, 0.4) is 0 Å². The molecule has 3 aromatic rings. The lowest BCUT2D eigenvalue weighted by molar-refractivity contribution is -0.152. The number of aliphatic hydroxyl groups is 2. The van der Waals surface area contributed by atoms with Crippen molar-refractivity contribution >= 4 is 11.8 Å². The molecular formula is C36H45NO5. The van der Waals surface area contributed by atoms with Gasteiger partial charge < -0.3 is 19.8 Å². The molecule has 2 N–H and O–H groups in total. The predicted octanol–water partition coefficient (Wildman–Crippen LogP) is 5.89. The van der Waals surface area contributed by atoms with E-state index in [0.29, 0.717) is 24.0 Å². The van der Waals surface area contributed by atoms with Gasteiger partial charge in [0.05, 0.1) is 13.2 Å². The average molecular weight is 572 g/mol. The van der Waals surface area contributed by atoms with Crippen LogP contribution in [0.4, 0.5) is 0 Å². The second kappa shape index (κ2) is 14.7. The van der Waals surface area contributed by atoms with Crippen LogP contribution >= 0.6 is 0 Å². The smallest absolute Gasteiger partial charge is 0.318 e. The van der Waals surface area contributed by atoms with Crippen LogP contribution < -0.4 is 0 Å². The number of aliphatic hydroxyl groups excluding tert-OH is 1. The molecule has 0 amide bonds. The molecule has 1 aliphatic rings. The third-order valence-electron chi connectivity index (χ3n) is 8.86. The Morgan fingerprint density at radius 1 is 0.857 bits per heavy atom. The van der Waals surface area contributed by atoms with Gasteiger partial charge in [-0.2, -0.15) is 0 Å². The minimum Gasteiger partial charge on any atom is -0.465 e. The number of ether oxygens (including phenoxy) is 1. The fourth-order valence-electron chi connectivity index (χ4n) is 6.47. The molecule has 0 radical (unpaired) electrons. The Balaban J connectivity index is 1.32. The highest BCUT2D eigenvalue weighted by atomic mass is 16.5. The van der Waals surface area contributed by atoms with Crippen molar-refractivity contribution in [2.45, 2.75) is 63.4 Å². The van der Waals surface area contributed by atoms with Crippen LogP contribution in [-0.4, -0.2) is 59.7 Å². The summed E-state index contributed by atoms with van der Waals surface area (Å²) in [4.78, 5) is 28.1. The van der Waals surface area contributed by atoms with Gasteiger partial charge >= 0.3 is 5.97 Å². The molecule has 4 rings (SSSR count). The highest BCUT2D eigenvalue weighted by Gasteiger charge is 2.42. The Morgan fingerprint density at radius 3 is 1.93 bits per heavy atom. The Hall–Kier alpha value is -3.32. The fourth-order valence-corrected chi connectivity index (χ4v) is 6.47. The first-order valence-electron chi connectivity index (χ1n) is 15.4. The summed E-state index contributed by atoms with van der Waals surface area (Å²) >= 11 is 0. The molecule has 6 nitrogen and oxygen atoms in total. The summed E-state index contributed by atoms with van der Waals surface area (Å²) in [6.07, 6.45) is 4.14. The highest BCUT2D eigenvalue weighted by molar-refractivity contribution is 5.96. The molecule has 1 unspecified atom stereocenters. The molecule has 224 valence electrons. The number of esters is 1. The molecule has 0 spiro atoms. The van der Waals surface area contributed by atoms with E-state index in [9.17, 15) is 19.8 Å². The maximum absolute atomic E-state index is 13.0. The number of Topliss-reactive ketones (excluding diaryl/α,β-unsaturated/α-hetero) is 1. The lowest BCUT2D eigenvalue weighted by Crippen LogP contribution is -2.44. The number of likely N-dealkylation sites (tertiary alicyclic amines) is 1. The van der Waals surface area contributed by atoms with Gasteiger partial charge in [-0.1, -0.05) is 98.3 Å². The molecular weight excluding hydrogens is 526 g/mol. The molecule has 42 heavy (non-hydrogen) atoms. The highest BCUT2D eigenvalue weighted by Crippen LogP contribution is 2.42. The molecule has 1 atom stereocenters. The van der Waals surface area contributed by atoms with E-state index in [-0.39, 0.29) is 24.9 Å². The van der Waals surface area contributed by atoms with Gasteiger partial charge in [0.2, 0.25) is 0 Å². The minimum absolute atomic E-state index is 0.0696. The number of rotatable bonds is 14. The Labute approximate surface area is 250 Å². The SMILES string of the molecule is CCCC(CO)(C(=O)OCC)c1ccc(C(=O)CCCN2CCC(C(O)(c3ccccc3)c3ccccc3)CC2)cc1. The van der Waals surface area contributed by atoms with Gasteiger partial charge in [-0.25, -0.2) is 0 Å². The molecule has 6 heteroatoms. The van der Waals surface area contributed by atoms with Crippen LogP contribution in [0.1, 0.15) is 79.4 Å². The van der Waals surface area contributed by atoms with E-state index in [1.54, 1.807) is 31.2 Å². The van der Waals surface area contributed by atoms with Gasteiger partial charge in [0, 0.05) is 12.0 Å². The first-order chi connectivity index (χ1) is 20.4. The van der Waals surface area contributed by atoms with E-state index in [4.69, 9.17) is 4.74 Å². The van der Waals surface area contributed by atoms with E-state index < -0.39 is 17.0 Å². The van der Waals surface area contributed by atoms with Crippen molar-refractivity contribution in [1.29, 1.82) is 0 Å². The predicted molar refractivity (Wildman–Crippen MR) is 165 cm³/mol. The molecule has 1 heterocycles. The van der Waals surface area contributed by atoms with Gasteiger partial charge in [0.15, 0.2) is 5.78 Å². The molecule has 3 aromatic carbocycles. The standard InChI is InChI=1S/C36H45NO5/c1-3-23-35(27-38,34(40)42-4-2)29-19-17-28(18-20-29)33(39)16-11-24-37-25-21-32(22-26-37)36(41,30-12-7-5-8-13-30)31-14-9-6-10-15-31/h5-10,12-15,17-20,32,38,41H,3-4,11,16,21-27H2,1-2H3. The first-order valence-corrected chi connectivity index (χ1v) is 15.4. The van der Waals surface area contributed by atoms with E-state index in [1.807, 2.05) is 67.6 Å². The molecule has 0 aromatic heterocycles. The van der Waals surface area contributed by atoms with Gasteiger partial charge in [-0.05, 0) is 74.8 Å². The van der Waals surface area contributed by atoms with Gasteiger partial charge in [0.1, 0.15) is 11.0 Å². The summed E-state index contributed by atoms with van der Waals surface area (Å²) in [6, 6.07) is 27.0. The quantitative estimate of drug-likeness (QED) is 0.185. The lowest BCUT2D eigenvalue weighted by Gasteiger charge is -2.42. The first kappa shape index (κ1) is 31.6. The third kappa shape index (κ3) is 6.83. The van der Waals surface area contributed by atoms with Crippen LogP contribution in [0.2, 0.25) is 0 Å². The molecule has 0 saturated carbocycles. The average Bonchev–Trinajstić information content (AvgIpc) is 3.04. The molecule has 0 bridgehead atoms. The summed E-state index contributed by atoms with van der Waals surface area (Å²) in [5, 5.41) is 22.3. The van der Waals surface area contributed by atoms with Crippen molar-refractivity contribution in [2.75, 3.05) is 32.8 Å². The topological polar surface area (TPSA) is 87.1 Å². The zero-order chi connectivity index (χ0) is 30.0. The second-order valence-electron chi connectivity index (χ2n) is 11.4. The van der Waals surface area contributed by atoms with Crippen molar-refractivity contribution in [1.82, 2.24) is 4.90 Å². The third-order valence-corrected chi connectivity index (χ3v) is 8.86. The van der Waals surface area contributed by atoms with Crippen molar-refractivity contribution in [3.05, 3.63) is 107 Å². The number of hydrogen-bond acceptors (Lipinski definition) is 6. The number of ketones is 1. The summed E-state index contributed by atoms with van der Waals surface area (Å²) in [5.41, 5.74) is 1.01. The van der Waals surface area contributed by atoms with Crippen molar-refractivity contribution < 1.29 is 24.5 Å². The summed E-state index contributed by atoms with van der Waals surface area (Å²) in [7, 11) is 0. The number of nitrogens with zero attached hydrogens (tertiary/aromatic N) is 1. The zero-order valence-electron chi connectivity index (χ0n) is 25.0. The number of carbonyl (C=O) groups excluding carboxylic acids is 2. The maximum Gasteiger partial charge on any atom is 0.318 e. The number of carbonyl (C=O) groups is 2. The molecule has 1 aliphatic heterocycles. The maximum atomic E-state index is 13.0. The Morgan fingerprint density at radius 2 is 1.43 bits per heavy atom. The molecule has 1 saturated heterocycles. The monoisotopic (exact) mass is 571 g/mol. The van der Waals surface area contributed by atoms with Crippen LogP contribution in [0.15, 0.2) is 84.9 Å². The Kier molecular flexibility index (Phi) is 11.1. The number of piperidine rings is 1. The van der Waals surface area contributed by atoms with Gasteiger partial charge in [0.25, 0.3) is 0 Å². The van der Waals surface area contributed by atoms with Crippen molar-refractivity contribution in [2.24, 2.45) is 5.92 Å². The summed E-state index contributed by atoms with van der Waals surface area (Å²) < 4.78 is 5.28. The summed E-state index contributed by atoms with van der Waals surface area (Å²) in [6.45, 7) is 6.23. The van der Waals surface area contributed by atoms with Crippen molar-refractivity contribution in [3.8, 4) is 0 Å². The van der Waals surface area contributed by atoms with Crippen molar-refractivity contribution in [3.63, 3.8) is 0 Å². The van der Waals surface area contributed by atoms with E-state index in [2.05, 4.69) is 4.90 Å². The number of benzene rings is 3. The van der Waals surface area contributed by atoms with Crippen LogP contribution in [0, 0.1) is 5.92 Å². The second-order valence-corrected chi connectivity index (χ2v) is 11.4. The summed E-state index contributed by atoms with van der Waals surface area (Å²) in [5.74, 6) is -0.254. The number of hydrogen-bond donors (Lipinski definition) is 2. The fraction of sp³-hybridized carbons (Fsp3) is 0.444. The largest absolute Gasteiger partial charge is 0.465 e. The lowest BCUT2D eigenvalue weighted by atomic mass is 9.72. The molecule has 1 fully saturated rings. The van der Waals surface area contributed by atoms with E-state index >= 15 is 0 Å². The van der Waals surface area contributed by atoms with Crippen LogP contribution in [0.25, 0.3) is 0 Å². The van der Waals surface area contributed by atoms with Crippen LogP contribution in [-0.2, 0) is 20.5 Å². The van der Waals surface area contributed by atoms with E-state index in [1.165, 1.54) is 0 Å². The van der Waals surface area contributed by atoms with Gasteiger partial charge in [-0.15, -0.1) is 0 Å². The zero-order valence-corrected chi connectivity index (χ0v) is 25.0.